The summed E-state index contributed by atoms with van der Waals surface area (Å²) < 4.78 is 11.6. The largest absolute Gasteiger partial charge is 0.459 e. The predicted molar refractivity (Wildman–Crippen MR) is 113 cm³/mol. The van der Waals surface area contributed by atoms with Gasteiger partial charge in [0.05, 0.1) is 5.56 Å². The van der Waals surface area contributed by atoms with Crippen LogP contribution in [0.1, 0.15) is 56.3 Å². The lowest BCUT2D eigenvalue weighted by molar-refractivity contribution is 0.0255. The Balaban J connectivity index is 1.82. The van der Waals surface area contributed by atoms with E-state index < -0.39 is 0 Å². The van der Waals surface area contributed by atoms with Crippen molar-refractivity contribution in [3.63, 3.8) is 0 Å². The number of benzene rings is 2. The molecular formula is C22H23Cl2NO3. The minimum absolute atomic E-state index is 0.0490. The molecule has 3 aromatic rings. The number of carbonyl (C=O) groups is 1. The number of ether oxygens (including phenoxy) is 1. The van der Waals surface area contributed by atoms with Crippen LogP contribution < -0.4 is 0 Å². The standard InChI is InChI=1S/C22H23Cl2NO3/c1-3-5-7-18(6-4-2)27-22(26)14-8-9-19-20(12-14)28-21(25-19)15-10-16(23)13-17(24)11-15/h8-13,18H,3-7H2,1-2H3. The third-order valence-corrected chi connectivity index (χ3v) is 4.93. The third kappa shape index (κ3) is 5.06. The predicted octanol–water partition coefficient (Wildman–Crippen LogP) is 7.32. The molecule has 6 heteroatoms. The Morgan fingerprint density at radius 3 is 2.50 bits per heavy atom. The summed E-state index contributed by atoms with van der Waals surface area (Å²) in [5, 5.41) is 1.01. The van der Waals surface area contributed by atoms with Gasteiger partial charge in [-0.15, -0.1) is 0 Å². The second kappa shape index (κ2) is 9.44. The summed E-state index contributed by atoms with van der Waals surface area (Å²) in [6.07, 6.45) is 4.82. The molecule has 0 aliphatic rings. The molecule has 1 atom stereocenters. The van der Waals surface area contributed by atoms with Crippen LogP contribution in [0.3, 0.4) is 0 Å². The first-order valence-electron chi connectivity index (χ1n) is 9.58. The molecule has 0 N–H and O–H groups in total. The maximum Gasteiger partial charge on any atom is 0.338 e. The number of hydrogen-bond acceptors (Lipinski definition) is 4. The van der Waals surface area contributed by atoms with E-state index in [1.54, 1.807) is 36.4 Å². The highest BCUT2D eigenvalue weighted by Gasteiger charge is 2.17. The topological polar surface area (TPSA) is 52.3 Å². The second-order valence-corrected chi connectivity index (χ2v) is 7.69. The molecule has 0 saturated carbocycles. The first-order chi connectivity index (χ1) is 13.5. The van der Waals surface area contributed by atoms with Gasteiger partial charge >= 0.3 is 5.97 Å². The molecule has 2 aromatic carbocycles. The van der Waals surface area contributed by atoms with Gasteiger partial charge in [-0.3, -0.25) is 0 Å². The molecule has 0 radical (unpaired) electrons. The van der Waals surface area contributed by atoms with Crippen LogP contribution in [0.25, 0.3) is 22.6 Å². The molecule has 4 nitrogen and oxygen atoms in total. The van der Waals surface area contributed by atoms with Crippen molar-refractivity contribution in [2.45, 2.75) is 52.1 Å². The molecule has 148 valence electrons. The summed E-state index contributed by atoms with van der Waals surface area (Å²) in [5.41, 5.74) is 2.30. The number of rotatable bonds is 8. The highest BCUT2D eigenvalue weighted by Crippen LogP contribution is 2.29. The molecule has 1 heterocycles. The Labute approximate surface area is 174 Å². The summed E-state index contributed by atoms with van der Waals surface area (Å²) in [4.78, 5) is 17.0. The minimum Gasteiger partial charge on any atom is -0.459 e. The van der Waals surface area contributed by atoms with E-state index in [9.17, 15) is 4.79 Å². The van der Waals surface area contributed by atoms with Crippen molar-refractivity contribution in [1.29, 1.82) is 0 Å². The summed E-state index contributed by atoms with van der Waals surface area (Å²) in [7, 11) is 0. The average molecular weight is 420 g/mol. The average Bonchev–Trinajstić information content (AvgIpc) is 3.09. The van der Waals surface area contributed by atoms with Crippen LogP contribution in [0.4, 0.5) is 0 Å². The van der Waals surface area contributed by atoms with Gasteiger partial charge in [-0.1, -0.05) is 56.3 Å². The van der Waals surface area contributed by atoms with Crippen molar-refractivity contribution in [3.05, 3.63) is 52.0 Å². The number of hydrogen-bond donors (Lipinski definition) is 0. The van der Waals surface area contributed by atoms with Gasteiger partial charge in [0.25, 0.3) is 0 Å². The fourth-order valence-corrected chi connectivity index (χ4v) is 3.61. The van der Waals surface area contributed by atoms with Crippen LogP contribution in [0.5, 0.6) is 0 Å². The third-order valence-electron chi connectivity index (χ3n) is 4.50. The van der Waals surface area contributed by atoms with Crippen molar-refractivity contribution in [1.82, 2.24) is 4.98 Å². The van der Waals surface area contributed by atoms with E-state index in [1.165, 1.54) is 0 Å². The summed E-state index contributed by atoms with van der Waals surface area (Å²) in [6.45, 7) is 4.23. The maximum absolute atomic E-state index is 12.6. The number of fused-ring (bicyclic) bond motifs is 1. The molecule has 1 aromatic heterocycles. The Morgan fingerprint density at radius 1 is 1.07 bits per heavy atom. The number of nitrogens with zero attached hydrogens (tertiary/aromatic N) is 1. The molecule has 0 amide bonds. The molecule has 0 bridgehead atoms. The smallest absolute Gasteiger partial charge is 0.338 e. The van der Waals surface area contributed by atoms with Gasteiger partial charge < -0.3 is 9.15 Å². The van der Waals surface area contributed by atoms with Gasteiger partial charge in [0, 0.05) is 15.6 Å². The van der Waals surface area contributed by atoms with E-state index in [2.05, 4.69) is 18.8 Å². The SMILES string of the molecule is CCCCC(CCC)OC(=O)c1ccc2nc(-c3cc(Cl)cc(Cl)c3)oc2c1. The Kier molecular flexibility index (Phi) is 6.97. The van der Waals surface area contributed by atoms with Crippen LogP contribution in [0.2, 0.25) is 10.0 Å². The Hall–Kier alpha value is -2.04. The van der Waals surface area contributed by atoms with E-state index in [4.69, 9.17) is 32.4 Å². The van der Waals surface area contributed by atoms with Crippen molar-refractivity contribution in [2.24, 2.45) is 0 Å². The van der Waals surface area contributed by atoms with E-state index in [0.717, 1.165) is 32.1 Å². The van der Waals surface area contributed by atoms with Gasteiger partial charge in [0.2, 0.25) is 5.89 Å². The highest BCUT2D eigenvalue weighted by atomic mass is 35.5. The lowest BCUT2D eigenvalue weighted by atomic mass is 10.1. The van der Waals surface area contributed by atoms with Gasteiger partial charge in [-0.05, 0) is 49.2 Å². The van der Waals surface area contributed by atoms with Gasteiger partial charge in [0.1, 0.15) is 11.6 Å². The Bertz CT molecular complexity index is 947. The molecule has 0 spiro atoms. The number of oxazole rings is 1. The maximum atomic E-state index is 12.6. The fourth-order valence-electron chi connectivity index (χ4n) is 3.09. The fraction of sp³-hybridized carbons (Fsp3) is 0.364. The first-order valence-corrected chi connectivity index (χ1v) is 10.3. The number of unbranched alkanes of at least 4 members (excludes halogenated alkanes) is 1. The highest BCUT2D eigenvalue weighted by molar-refractivity contribution is 6.35. The van der Waals surface area contributed by atoms with E-state index >= 15 is 0 Å². The molecule has 28 heavy (non-hydrogen) atoms. The van der Waals surface area contributed by atoms with Crippen LogP contribution in [0, 0.1) is 0 Å². The number of halogens is 2. The van der Waals surface area contributed by atoms with Crippen LogP contribution >= 0.6 is 23.2 Å². The summed E-state index contributed by atoms with van der Waals surface area (Å²) >= 11 is 12.1. The first kappa shape index (κ1) is 20.7. The van der Waals surface area contributed by atoms with Crippen molar-refractivity contribution >= 4 is 40.3 Å². The molecule has 0 aliphatic heterocycles. The summed E-state index contributed by atoms with van der Waals surface area (Å²) in [6, 6.07) is 10.3. The minimum atomic E-state index is -0.333. The van der Waals surface area contributed by atoms with Crippen LogP contribution in [-0.4, -0.2) is 17.1 Å². The molecule has 3 rings (SSSR count). The van der Waals surface area contributed by atoms with Gasteiger partial charge in [-0.2, -0.15) is 0 Å². The lowest BCUT2D eigenvalue weighted by Crippen LogP contribution is -2.18. The van der Waals surface area contributed by atoms with Gasteiger partial charge in [0.15, 0.2) is 5.58 Å². The van der Waals surface area contributed by atoms with Crippen LogP contribution in [0.15, 0.2) is 40.8 Å². The van der Waals surface area contributed by atoms with E-state index in [1.807, 2.05) is 0 Å². The van der Waals surface area contributed by atoms with E-state index in [-0.39, 0.29) is 12.1 Å². The second-order valence-electron chi connectivity index (χ2n) is 6.82. The zero-order valence-corrected chi connectivity index (χ0v) is 17.5. The molecule has 0 saturated heterocycles. The van der Waals surface area contributed by atoms with E-state index in [0.29, 0.717) is 38.2 Å². The Morgan fingerprint density at radius 2 is 1.82 bits per heavy atom. The van der Waals surface area contributed by atoms with Gasteiger partial charge in [-0.25, -0.2) is 9.78 Å². The molecular weight excluding hydrogens is 397 g/mol. The zero-order valence-electron chi connectivity index (χ0n) is 16.0. The normalized spacial score (nSPS) is 12.3. The van der Waals surface area contributed by atoms with Crippen molar-refractivity contribution < 1.29 is 13.9 Å². The molecule has 0 aliphatic carbocycles. The number of aromatic nitrogens is 1. The summed E-state index contributed by atoms with van der Waals surface area (Å²) in [5.74, 6) is 0.0666. The van der Waals surface area contributed by atoms with Crippen LogP contribution in [-0.2, 0) is 4.74 Å². The molecule has 1 unspecified atom stereocenters. The molecule has 0 fully saturated rings. The quantitative estimate of drug-likeness (QED) is 0.358. The number of carbonyl (C=O) groups excluding carboxylic acids is 1. The lowest BCUT2D eigenvalue weighted by Gasteiger charge is -2.16. The van der Waals surface area contributed by atoms with Crippen molar-refractivity contribution in [3.8, 4) is 11.5 Å². The zero-order chi connectivity index (χ0) is 20.1. The number of esters is 1. The van der Waals surface area contributed by atoms with Crippen molar-refractivity contribution in [2.75, 3.05) is 0 Å². The monoisotopic (exact) mass is 419 g/mol.